The van der Waals surface area contributed by atoms with Crippen molar-refractivity contribution in [3.8, 4) is 0 Å². The summed E-state index contributed by atoms with van der Waals surface area (Å²) in [6.45, 7) is 2.83. The van der Waals surface area contributed by atoms with Crippen molar-refractivity contribution < 1.29 is 4.84 Å². The molecule has 1 N–H and O–H groups in total. The first-order valence-electron chi connectivity index (χ1n) is 10.1. The molecule has 2 aliphatic rings. The molecule has 0 amide bonds. The SMILES string of the molecule is CCn1ncc2c(Nc3ccccn3)c(C3=NOC4(CCCCC4)C3)cnc21. The van der Waals surface area contributed by atoms with Crippen LogP contribution in [0.4, 0.5) is 11.5 Å². The highest BCUT2D eigenvalue weighted by molar-refractivity contribution is 6.11. The Hall–Kier alpha value is -2.96. The van der Waals surface area contributed by atoms with E-state index in [1.807, 2.05) is 35.3 Å². The van der Waals surface area contributed by atoms with E-state index in [1.165, 1.54) is 19.3 Å². The number of fused-ring (bicyclic) bond motifs is 1. The summed E-state index contributed by atoms with van der Waals surface area (Å²) in [7, 11) is 0. The summed E-state index contributed by atoms with van der Waals surface area (Å²) in [5.74, 6) is 0.785. The van der Waals surface area contributed by atoms with Gasteiger partial charge in [-0.3, -0.25) is 0 Å². The molecule has 5 rings (SSSR count). The summed E-state index contributed by atoms with van der Waals surface area (Å²) >= 11 is 0. The maximum Gasteiger partial charge on any atom is 0.159 e. The van der Waals surface area contributed by atoms with Gasteiger partial charge < -0.3 is 10.2 Å². The lowest BCUT2D eigenvalue weighted by atomic mass is 9.81. The van der Waals surface area contributed by atoms with Crippen molar-refractivity contribution in [2.45, 2.75) is 57.6 Å². The van der Waals surface area contributed by atoms with Crippen LogP contribution in [-0.2, 0) is 11.4 Å². The molecule has 144 valence electrons. The Labute approximate surface area is 163 Å². The van der Waals surface area contributed by atoms with Crippen molar-refractivity contribution in [3.63, 3.8) is 0 Å². The smallest absolute Gasteiger partial charge is 0.159 e. The van der Waals surface area contributed by atoms with Crippen LogP contribution < -0.4 is 5.32 Å². The number of nitrogens with zero attached hydrogens (tertiary/aromatic N) is 5. The maximum atomic E-state index is 5.99. The molecular formula is C21H24N6O. The average molecular weight is 376 g/mol. The second-order valence-corrected chi connectivity index (χ2v) is 7.63. The third-order valence-corrected chi connectivity index (χ3v) is 5.80. The first kappa shape index (κ1) is 17.2. The lowest BCUT2D eigenvalue weighted by Crippen LogP contribution is -2.31. The van der Waals surface area contributed by atoms with E-state index >= 15 is 0 Å². The Morgan fingerprint density at radius 3 is 2.82 bits per heavy atom. The molecule has 1 aliphatic heterocycles. The van der Waals surface area contributed by atoms with Gasteiger partial charge in [0.1, 0.15) is 11.4 Å². The number of oxime groups is 1. The normalized spacial score (nSPS) is 18.2. The summed E-state index contributed by atoms with van der Waals surface area (Å²) < 4.78 is 1.90. The minimum absolute atomic E-state index is 0.127. The number of aromatic nitrogens is 4. The second kappa shape index (κ2) is 6.89. The van der Waals surface area contributed by atoms with Gasteiger partial charge in [0.2, 0.25) is 0 Å². The van der Waals surface area contributed by atoms with Gasteiger partial charge in [-0.1, -0.05) is 17.6 Å². The van der Waals surface area contributed by atoms with E-state index in [-0.39, 0.29) is 5.60 Å². The molecule has 3 aromatic heterocycles. The van der Waals surface area contributed by atoms with Gasteiger partial charge in [-0.15, -0.1) is 0 Å². The van der Waals surface area contributed by atoms with Crippen LogP contribution in [0.1, 0.15) is 51.0 Å². The summed E-state index contributed by atoms with van der Waals surface area (Å²) in [5.41, 5.74) is 3.60. The van der Waals surface area contributed by atoms with Crippen molar-refractivity contribution in [1.82, 2.24) is 19.7 Å². The summed E-state index contributed by atoms with van der Waals surface area (Å²) in [6.07, 6.45) is 12.2. The van der Waals surface area contributed by atoms with E-state index in [2.05, 4.69) is 27.5 Å². The Morgan fingerprint density at radius 2 is 2.04 bits per heavy atom. The minimum Gasteiger partial charge on any atom is -0.389 e. The number of hydrogen-bond donors (Lipinski definition) is 1. The molecule has 0 saturated heterocycles. The molecule has 1 spiro atoms. The average Bonchev–Trinajstić information content (AvgIpc) is 3.34. The third kappa shape index (κ3) is 2.91. The van der Waals surface area contributed by atoms with Crippen LogP contribution in [0, 0.1) is 0 Å². The Morgan fingerprint density at radius 1 is 1.14 bits per heavy atom. The van der Waals surface area contributed by atoms with Crippen molar-refractivity contribution in [3.05, 3.63) is 42.4 Å². The standard InChI is InChI=1S/C21H24N6O/c1-2-27-20-16(14-24-27)19(25-18-8-4-7-11-22-18)15(13-23-20)17-12-21(28-26-17)9-5-3-6-10-21/h4,7-8,11,13-14H,2-3,5-6,9-10,12H2,1H3,(H,22,23,25). The highest BCUT2D eigenvalue weighted by Gasteiger charge is 2.41. The first-order chi connectivity index (χ1) is 13.8. The molecule has 0 radical (unpaired) electrons. The highest BCUT2D eigenvalue weighted by Crippen LogP contribution is 2.41. The van der Waals surface area contributed by atoms with Crippen LogP contribution in [0.25, 0.3) is 11.0 Å². The summed E-state index contributed by atoms with van der Waals surface area (Å²) in [4.78, 5) is 15.1. The van der Waals surface area contributed by atoms with E-state index in [0.717, 1.165) is 59.6 Å². The summed E-state index contributed by atoms with van der Waals surface area (Å²) in [5, 5.41) is 13.4. The number of pyridine rings is 2. The molecule has 0 aromatic carbocycles. The fourth-order valence-corrected chi connectivity index (χ4v) is 4.31. The Bertz CT molecular complexity index is 1020. The van der Waals surface area contributed by atoms with Crippen molar-refractivity contribution >= 4 is 28.3 Å². The summed E-state index contributed by atoms with van der Waals surface area (Å²) in [6, 6.07) is 5.83. The van der Waals surface area contributed by atoms with Crippen LogP contribution in [0.2, 0.25) is 0 Å². The molecule has 1 fully saturated rings. The molecule has 3 aromatic rings. The molecule has 28 heavy (non-hydrogen) atoms. The van der Waals surface area contributed by atoms with Gasteiger partial charge in [0.15, 0.2) is 5.65 Å². The topological polar surface area (TPSA) is 77.2 Å². The van der Waals surface area contributed by atoms with Gasteiger partial charge in [0.25, 0.3) is 0 Å². The quantitative estimate of drug-likeness (QED) is 0.729. The predicted octanol–water partition coefficient (Wildman–Crippen LogP) is 4.42. The number of anilines is 2. The molecule has 0 atom stereocenters. The molecule has 1 saturated carbocycles. The number of hydrogen-bond acceptors (Lipinski definition) is 6. The predicted molar refractivity (Wildman–Crippen MR) is 109 cm³/mol. The minimum atomic E-state index is -0.127. The van der Waals surface area contributed by atoms with Crippen LogP contribution in [0.15, 0.2) is 41.9 Å². The van der Waals surface area contributed by atoms with Crippen molar-refractivity contribution in [1.29, 1.82) is 0 Å². The lowest BCUT2D eigenvalue weighted by Gasteiger charge is -2.30. The third-order valence-electron chi connectivity index (χ3n) is 5.80. The number of nitrogens with one attached hydrogen (secondary N) is 1. The molecular weight excluding hydrogens is 352 g/mol. The van der Waals surface area contributed by atoms with Crippen LogP contribution >= 0.6 is 0 Å². The Kier molecular flexibility index (Phi) is 4.22. The van der Waals surface area contributed by atoms with Gasteiger partial charge in [-0.05, 0) is 44.7 Å². The van der Waals surface area contributed by atoms with Crippen LogP contribution in [-0.4, -0.2) is 31.1 Å². The molecule has 1 aliphatic carbocycles. The van der Waals surface area contributed by atoms with Crippen molar-refractivity contribution in [2.75, 3.05) is 5.32 Å². The van der Waals surface area contributed by atoms with Crippen LogP contribution in [0.3, 0.4) is 0 Å². The highest BCUT2D eigenvalue weighted by atomic mass is 16.7. The van der Waals surface area contributed by atoms with Gasteiger partial charge in [0.05, 0.1) is 23.0 Å². The van der Waals surface area contributed by atoms with Gasteiger partial charge in [0, 0.05) is 30.9 Å². The largest absolute Gasteiger partial charge is 0.389 e. The monoisotopic (exact) mass is 376 g/mol. The first-order valence-corrected chi connectivity index (χ1v) is 10.1. The number of aryl methyl sites for hydroxylation is 1. The molecule has 4 heterocycles. The zero-order valence-electron chi connectivity index (χ0n) is 16.1. The van der Waals surface area contributed by atoms with Gasteiger partial charge in [-0.25, -0.2) is 14.6 Å². The molecule has 7 nitrogen and oxygen atoms in total. The van der Waals surface area contributed by atoms with Crippen molar-refractivity contribution in [2.24, 2.45) is 5.16 Å². The lowest BCUT2D eigenvalue weighted by molar-refractivity contribution is -0.0449. The Balaban J connectivity index is 1.57. The second-order valence-electron chi connectivity index (χ2n) is 7.63. The van der Waals surface area contributed by atoms with Crippen LogP contribution in [0.5, 0.6) is 0 Å². The zero-order chi connectivity index (χ0) is 19.0. The zero-order valence-corrected chi connectivity index (χ0v) is 16.1. The molecule has 0 bridgehead atoms. The number of rotatable bonds is 4. The van der Waals surface area contributed by atoms with Gasteiger partial charge in [-0.2, -0.15) is 5.10 Å². The fourth-order valence-electron chi connectivity index (χ4n) is 4.31. The molecule has 7 heteroatoms. The van der Waals surface area contributed by atoms with E-state index in [4.69, 9.17) is 9.82 Å². The van der Waals surface area contributed by atoms with E-state index < -0.39 is 0 Å². The maximum absolute atomic E-state index is 5.99. The van der Waals surface area contributed by atoms with E-state index in [1.54, 1.807) is 6.20 Å². The van der Waals surface area contributed by atoms with Gasteiger partial charge >= 0.3 is 0 Å². The fraction of sp³-hybridized carbons (Fsp3) is 0.429. The van der Waals surface area contributed by atoms with E-state index in [0.29, 0.717) is 0 Å². The van der Waals surface area contributed by atoms with E-state index in [9.17, 15) is 0 Å². The molecule has 0 unspecified atom stereocenters.